The molecule has 3 rings (SSSR count). The van der Waals surface area contributed by atoms with Crippen LogP contribution in [0.4, 0.5) is 0 Å². The van der Waals surface area contributed by atoms with E-state index in [9.17, 15) is 0 Å². The number of aromatic nitrogens is 1. The summed E-state index contributed by atoms with van der Waals surface area (Å²) in [5.41, 5.74) is 0.991. The van der Waals surface area contributed by atoms with Gasteiger partial charge in [0, 0.05) is 16.1 Å². The van der Waals surface area contributed by atoms with Crippen LogP contribution in [0.5, 0.6) is 5.75 Å². The number of benzene rings is 1. The molecule has 1 saturated carbocycles. The number of rotatable bonds is 3. The molecule has 0 bridgehead atoms. The topological polar surface area (TPSA) is 22.1 Å². The summed E-state index contributed by atoms with van der Waals surface area (Å²) in [6, 6.07) is 6.13. The molecule has 2 aromatic rings. The fourth-order valence-electron chi connectivity index (χ4n) is 2.64. The van der Waals surface area contributed by atoms with E-state index >= 15 is 0 Å². The Morgan fingerprint density at radius 3 is 2.89 bits per heavy atom. The van der Waals surface area contributed by atoms with E-state index in [0.717, 1.165) is 37.2 Å². The average molecular weight is 432 g/mol. The van der Waals surface area contributed by atoms with Crippen molar-refractivity contribution in [1.29, 1.82) is 0 Å². The van der Waals surface area contributed by atoms with E-state index in [0.29, 0.717) is 0 Å². The second kappa shape index (κ2) is 5.95. The Balaban J connectivity index is 1.91. The molecule has 0 saturated heterocycles. The molecule has 0 radical (unpaired) electrons. The Kier molecular flexibility index (Phi) is 4.27. The molecule has 1 aliphatic carbocycles. The molecular formula is C15H15BrINO. The smallest absolute Gasteiger partial charge is 0.143 e. The quantitative estimate of drug-likeness (QED) is 0.625. The molecule has 19 heavy (non-hydrogen) atoms. The standard InChI is InChI=1S/C15H15BrINO/c16-11-5-6-14-12(7-11)15(13(17)8-18-14)19-9-10-3-1-2-4-10/h5-8,10H,1-4,9H2. The molecule has 1 aromatic heterocycles. The van der Waals surface area contributed by atoms with E-state index in [1.165, 1.54) is 25.7 Å². The van der Waals surface area contributed by atoms with Gasteiger partial charge in [0.2, 0.25) is 0 Å². The summed E-state index contributed by atoms with van der Waals surface area (Å²) >= 11 is 5.83. The van der Waals surface area contributed by atoms with E-state index in [4.69, 9.17) is 4.74 Å². The first-order valence-corrected chi connectivity index (χ1v) is 8.48. The Morgan fingerprint density at radius 1 is 1.32 bits per heavy atom. The Bertz CT molecular complexity index is 591. The number of pyridine rings is 1. The molecule has 1 aromatic carbocycles. The third-order valence-corrected chi connectivity index (χ3v) is 4.94. The zero-order valence-corrected chi connectivity index (χ0v) is 14.3. The molecule has 0 amide bonds. The van der Waals surface area contributed by atoms with Crippen molar-refractivity contribution in [2.75, 3.05) is 6.61 Å². The van der Waals surface area contributed by atoms with Crippen molar-refractivity contribution >= 4 is 49.4 Å². The molecule has 0 aliphatic heterocycles. The largest absolute Gasteiger partial charge is 0.491 e. The van der Waals surface area contributed by atoms with Crippen molar-refractivity contribution in [3.05, 3.63) is 32.4 Å². The molecule has 0 spiro atoms. The second-order valence-electron chi connectivity index (χ2n) is 5.06. The first-order valence-electron chi connectivity index (χ1n) is 6.60. The monoisotopic (exact) mass is 431 g/mol. The van der Waals surface area contributed by atoms with Gasteiger partial charge in [0.15, 0.2) is 0 Å². The van der Waals surface area contributed by atoms with Crippen molar-refractivity contribution in [2.45, 2.75) is 25.7 Å². The number of ether oxygens (including phenoxy) is 1. The maximum Gasteiger partial charge on any atom is 0.143 e. The van der Waals surface area contributed by atoms with E-state index < -0.39 is 0 Å². The van der Waals surface area contributed by atoms with Crippen LogP contribution in [0.2, 0.25) is 0 Å². The van der Waals surface area contributed by atoms with Crippen LogP contribution in [0.15, 0.2) is 28.9 Å². The predicted octanol–water partition coefficient (Wildman–Crippen LogP) is 5.17. The fraction of sp³-hybridized carbons (Fsp3) is 0.400. The van der Waals surface area contributed by atoms with Gasteiger partial charge in [-0.15, -0.1) is 0 Å². The molecule has 1 heterocycles. The van der Waals surface area contributed by atoms with Crippen LogP contribution in [-0.4, -0.2) is 11.6 Å². The summed E-state index contributed by atoms with van der Waals surface area (Å²) in [5, 5.41) is 1.10. The number of halogens is 2. The van der Waals surface area contributed by atoms with Crippen molar-refractivity contribution < 1.29 is 4.74 Å². The third-order valence-electron chi connectivity index (χ3n) is 3.68. The zero-order chi connectivity index (χ0) is 13.2. The van der Waals surface area contributed by atoms with E-state index in [-0.39, 0.29) is 0 Å². The van der Waals surface area contributed by atoms with Gasteiger partial charge in [0.05, 0.1) is 15.7 Å². The van der Waals surface area contributed by atoms with Gasteiger partial charge < -0.3 is 4.74 Å². The van der Waals surface area contributed by atoms with Crippen LogP contribution in [0, 0.1) is 9.49 Å². The summed E-state index contributed by atoms with van der Waals surface area (Å²) in [4.78, 5) is 4.45. The summed E-state index contributed by atoms with van der Waals surface area (Å²) in [5.74, 6) is 1.71. The molecular weight excluding hydrogens is 417 g/mol. The summed E-state index contributed by atoms with van der Waals surface area (Å²) in [6.45, 7) is 0.835. The lowest BCUT2D eigenvalue weighted by Crippen LogP contribution is -2.09. The summed E-state index contributed by atoms with van der Waals surface area (Å²) in [7, 11) is 0. The van der Waals surface area contributed by atoms with Gasteiger partial charge in [-0.3, -0.25) is 4.98 Å². The van der Waals surface area contributed by atoms with Crippen LogP contribution >= 0.6 is 38.5 Å². The lowest BCUT2D eigenvalue weighted by atomic mass is 10.1. The van der Waals surface area contributed by atoms with Crippen molar-refractivity contribution in [2.24, 2.45) is 5.92 Å². The maximum absolute atomic E-state index is 6.12. The van der Waals surface area contributed by atoms with Gasteiger partial charge in [-0.1, -0.05) is 28.8 Å². The van der Waals surface area contributed by atoms with Crippen molar-refractivity contribution in [3.63, 3.8) is 0 Å². The minimum absolute atomic E-state index is 0.728. The van der Waals surface area contributed by atoms with Gasteiger partial charge in [-0.05, 0) is 59.5 Å². The van der Waals surface area contributed by atoms with Crippen LogP contribution in [0.25, 0.3) is 10.9 Å². The van der Waals surface area contributed by atoms with Gasteiger partial charge >= 0.3 is 0 Å². The molecule has 2 nitrogen and oxygen atoms in total. The lowest BCUT2D eigenvalue weighted by Gasteiger charge is -2.14. The van der Waals surface area contributed by atoms with Gasteiger partial charge in [-0.2, -0.15) is 0 Å². The molecule has 1 fully saturated rings. The molecule has 0 N–H and O–H groups in total. The highest BCUT2D eigenvalue weighted by Gasteiger charge is 2.17. The minimum atomic E-state index is 0.728. The summed E-state index contributed by atoms with van der Waals surface area (Å²) in [6.07, 6.45) is 7.22. The zero-order valence-electron chi connectivity index (χ0n) is 10.5. The number of hydrogen-bond donors (Lipinski definition) is 0. The first-order chi connectivity index (χ1) is 9.24. The predicted molar refractivity (Wildman–Crippen MR) is 89.6 cm³/mol. The maximum atomic E-state index is 6.12. The lowest BCUT2D eigenvalue weighted by molar-refractivity contribution is 0.253. The number of fused-ring (bicyclic) bond motifs is 1. The second-order valence-corrected chi connectivity index (χ2v) is 7.14. The highest BCUT2D eigenvalue weighted by Crippen LogP contribution is 2.33. The normalized spacial score (nSPS) is 16.1. The third kappa shape index (κ3) is 3.05. The minimum Gasteiger partial charge on any atom is -0.491 e. The van der Waals surface area contributed by atoms with E-state index in [1.54, 1.807) is 0 Å². The molecule has 1 aliphatic rings. The Hall–Kier alpha value is -0.360. The molecule has 4 heteroatoms. The van der Waals surface area contributed by atoms with Crippen LogP contribution in [0.3, 0.4) is 0 Å². The Labute approximate surface area is 135 Å². The highest BCUT2D eigenvalue weighted by atomic mass is 127. The summed E-state index contributed by atoms with van der Waals surface area (Å²) < 4.78 is 8.27. The van der Waals surface area contributed by atoms with Crippen LogP contribution in [0.1, 0.15) is 25.7 Å². The Morgan fingerprint density at radius 2 is 2.11 bits per heavy atom. The molecule has 100 valence electrons. The number of nitrogens with zero attached hydrogens (tertiary/aromatic N) is 1. The average Bonchev–Trinajstić information content (AvgIpc) is 2.91. The fourth-order valence-corrected chi connectivity index (χ4v) is 3.59. The van der Waals surface area contributed by atoms with Gasteiger partial charge in [0.1, 0.15) is 5.75 Å². The molecule has 0 atom stereocenters. The highest BCUT2D eigenvalue weighted by molar-refractivity contribution is 14.1. The van der Waals surface area contributed by atoms with E-state index in [1.807, 2.05) is 18.3 Å². The van der Waals surface area contributed by atoms with Gasteiger partial charge in [-0.25, -0.2) is 0 Å². The SMILES string of the molecule is Brc1ccc2ncc(I)c(OCC3CCCC3)c2c1. The number of hydrogen-bond acceptors (Lipinski definition) is 2. The van der Waals surface area contributed by atoms with Crippen molar-refractivity contribution in [1.82, 2.24) is 4.98 Å². The first kappa shape index (κ1) is 13.6. The van der Waals surface area contributed by atoms with Gasteiger partial charge in [0.25, 0.3) is 0 Å². The van der Waals surface area contributed by atoms with E-state index in [2.05, 4.69) is 49.6 Å². The van der Waals surface area contributed by atoms with Crippen LogP contribution in [-0.2, 0) is 0 Å². The van der Waals surface area contributed by atoms with Crippen LogP contribution < -0.4 is 4.74 Å². The van der Waals surface area contributed by atoms with Crippen molar-refractivity contribution in [3.8, 4) is 5.75 Å². The molecule has 0 unspecified atom stereocenters.